The molecule has 0 atom stereocenters. The fraction of sp³-hybridized carbons (Fsp3) is 0.200. The molecule has 5 heteroatoms. The van der Waals surface area contributed by atoms with Crippen LogP contribution < -0.4 is 10.1 Å². The zero-order valence-electron chi connectivity index (χ0n) is 11.2. The van der Waals surface area contributed by atoms with E-state index in [1.54, 1.807) is 36.5 Å². The van der Waals surface area contributed by atoms with Crippen molar-refractivity contribution in [1.29, 1.82) is 0 Å². The maximum Gasteiger partial charge on any atom is 0.255 e. The van der Waals surface area contributed by atoms with Crippen LogP contribution in [0.15, 0.2) is 42.7 Å². The van der Waals surface area contributed by atoms with Gasteiger partial charge < -0.3 is 15.2 Å². The Balaban J connectivity index is 2.17. The summed E-state index contributed by atoms with van der Waals surface area (Å²) in [4.78, 5) is 16.1. The average molecular weight is 272 g/mol. The molecule has 0 radical (unpaired) electrons. The van der Waals surface area contributed by atoms with E-state index in [0.717, 1.165) is 0 Å². The molecular formula is C15H16N2O3. The van der Waals surface area contributed by atoms with Gasteiger partial charge in [-0.3, -0.25) is 9.78 Å². The smallest absolute Gasteiger partial charge is 0.255 e. The van der Waals surface area contributed by atoms with Gasteiger partial charge in [-0.2, -0.15) is 0 Å². The van der Waals surface area contributed by atoms with Gasteiger partial charge in [-0.25, -0.2) is 0 Å². The maximum atomic E-state index is 12.2. The summed E-state index contributed by atoms with van der Waals surface area (Å²) in [6.45, 7) is 2.27. The highest BCUT2D eigenvalue weighted by molar-refractivity contribution is 6.04. The molecule has 0 fully saturated rings. The molecule has 0 unspecified atom stereocenters. The Morgan fingerprint density at radius 3 is 3.00 bits per heavy atom. The fourth-order valence-corrected chi connectivity index (χ4v) is 1.76. The summed E-state index contributed by atoms with van der Waals surface area (Å²) in [5.41, 5.74) is 1.61. The van der Waals surface area contributed by atoms with Crippen LogP contribution in [0.2, 0.25) is 0 Å². The minimum absolute atomic E-state index is 0.156. The predicted octanol–water partition coefficient (Wildman–Crippen LogP) is 2.22. The molecule has 0 saturated carbocycles. The van der Waals surface area contributed by atoms with Crippen LogP contribution in [0.1, 0.15) is 22.8 Å². The summed E-state index contributed by atoms with van der Waals surface area (Å²) < 4.78 is 5.36. The minimum atomic E-state index is -0.269. The van der Waals surface area contributed by atoms with E-state index in [2.05, 4.69) is 10.3 Å². The first-order valence-electron chi connectivity index (χ1n) is 6.32. The van der Waals surface area contributed by atoms with Gasteiger partial charge in [-0.1, -0.05) is 6.07 Å². The van der Waals surface area contributed by atoms with Gasteiger partial charge in [-0.05, 0) is 31.2 Å². The SMILES string of the molecule is CCOc1cccc(C(=O)Nc2cnccc2CO)c1. The fourth-order valence-electron chi connectivity index (χ4n) is 1.76. The molecule has 0 saturated heterocycles. The molecular weight excluding hydrogens is 256 g/mol. The second kappa shape index (κ2) is 6.68. The monoisotopic (exact) mass is 272 g/mol. The van der Waals surface area contributed by atoms with E-state index in [1.165, 1.54) is 6.20 Å². The number of amides is 1. The maximum absolute atomic E-state index is 12.2. The first-order valence-corrected chi connectivity index (χ1v) is 6.32. The zero-order valence-corrected chi connectivity index (χ0v) is 11.2. The number of carbonyl (C=O) groups is 1. The normalized spacial score (nSPS) is 10.1. The van der Waals surface area contributed by atoms with Gasteiger partial charge in [0.15, 0.2) is 0 Å². The van der Waals surface area contributed by atoms with Crippen molar-refractivity contribution in [2.45, 2.75) is 13.5 Å². The number of pyridine rings is 1. The van der Waals surface area contributed by atoms with Crippen LogP contribution in [-0.2, 0) is 6.61 Å². The summed E-state index contributed by atoms with van der Waals surface area (Å²) in [6.07, 6.45) is 3.08. The quantitative estimate of drug-likeness (QED) is 0.875. The molecule has 5 nitrogen and oxygen atoms in total. The molecule has 1 amide bonds. The Bertz CT molecular complexity index is 599. The topological polar surface area (TPSA) is 71.5 Å². The van der Waals surface area contributed by atoms with Gasteiger partial charge in [0, 0.05) is 17.3 Å². The third kappa shape index (κ3) is 3.33. The van der Waals surface area contributed by atoms with E-state index in [-0.39, 0.29) is 12.5 Å². The van der Waals surface area contributed by atoms with Crippen LogP contribution in [0.3, 0.4) is 0 Å². The molecule has 2 N–H and O–H groups in total. The number of carbonyl (C=O) groups excluding carboxylic acids is 1. The van der Waals surface area contributed by atoms with Crippen LogP contribution in [0.5, 0.6) is 5.75 Å². The molecule has 1 aromatic heterocycles. The van der Waals surface area contributed by atoms with E-state index in [1.807, 2.05) is 6.92 Å². The van der Waals surface area contributed by atoms with Crippen LogP contribution in [-0.4, -0.2) is 22.6 Å². The Morgan fingerprint density at radius 1 is 1.40 bits per heavy atom. The molecule has 0 aliphatic heterocycles. The van der Waals surface area contributed by atoms with Crippen LogP contribution >= 0.6 is 0 Å². The largest absolute Gasteiger partial charge is 0.494 e. The van der Waals surface area contributed by atoms with Crippen LogP contribution in [0.4, 0.5) is 5.69 Å². The van der Waals surface area contributed by atoms with E-state index in [9.17, 15) is 9.90 Å². The molecule has 0 bridgehead atoms. The van der Waals surface area contributed by atoms with Crippen molar-refractivity contribution in [3.8, 4) is 5.75 Å². The van der Waals surface area contributed by atoms with Gasteiger partial charge >= 0.3 is 0 Å². The number of benzene rings is 1. The van der Waals surface area contributed by atoms with Gasteiger partial charge in [0.1, 0.15) is 5.75 Å². The molecule has 0 aliphatic rings. The molecule has 104 valence electrons. The van der Waals surface area contributed by atoms with Crippen molar-refractivity contribution < 1.29 is 14.6 Å². The summed E-state index contributed by atoms with van der Waals surface area (Å²) in [7, 11) is 0. The first kappa shape index (κ1) is 14.0. The standard InChI is InChI=1S/C15H16N2O3/c1-2-20-13-5-3-4-11(8-13)15(19)17-14-9-16-7-6-12(14)10-18/h3-9,18H,2,10H2,1H3,(H,17,19). The number of anilines is 1. The number of ether oxygens (including phenoxy) is 1. The number of aromatic nitrogens is 1. The van der Waals surface area contributed by atoms with E-state index < -0.39 is 0 Å². The summed E-state index contributed by atoms with van der Waals surface area (Å²) in [5, 5.41) is 11.9. The number of rotatable bonds is 5. The van der Waals surface area contributed by atoms with E-state index >= 15 is 0 Å². The number of aliphatic hydroxyl groups excluding tert-OH is 1. The second-order valence-electron chi connectivity index (χ2n) is 4.11. The number of aliphatic hydroxyl groups is 1. The van der Waals surface area contributed by atoms with Gasteiger partial charge in [0.25, 0.3) is 5.91 Å². The molecule has 1 aromatic carbocycles. The molecule has 20 heavy (non-hydrogen) atoms. The van der Waals surface area contributed by atoms with Crippen molar-refractivity contribution in [3.63, 3.8) is 0 Å². The lowest BCUT2D eigenvalue weighted by atomic mass is 10.2. The Labute approximate surface area is 117 Å². The summed E-state index contributed by atoms with van der Waals surface area (Å²) >= 11 is 0. The number of nitrogens with one attached hydrogen (secondary N) is 1. The first-order chi connectivity index (χ1) is 9.74. The Morgan fingerprint density at radius 2 is 2.25 bits per heavy atom. The third-order valence-corrected chi connectivity index (χ3v) is 2.74. The van der Waals surface area contributed by atoms with Crippen molar-refractivity contribution in [2.24, 2.45) is 0 Å². The predicted molar refractivity (Wildman–Crippen MR) is 75.7 cm³/mol. The lowest BCUT2D eigenvalue weighted by molar-refractivity contribution is 0.102. The van der Waals surface area contributed by atoms with Gasteiger partial charge in [0.2, 0.25) is 0 Å². The van der Waals surface area contributed by atoms with Crippen molar-refractivity contribution in [1.82, 2.24) is 4.98 Å². The molecule has 0 aliphatic carbocycles. The van der Waals surface area contributed by atoms with Crippen molar-refractivity contribution >= 4 is 11.6 Å². The lowest BCUT2D eigenvalue weighted by Gasteiger charge is -2.09. The summed E-state index contributed by atoms with van der Waals surface area (Å²) in [6, 6.07) is 8.59. The Hall–Kier alpha value is -2.40. The second-order valence-corrected chi connectivity index (χ2v) is 4.11. The molecule has 2 aromatic rings. The zero-order chi connectivity index (χ0) is 14.4. The number of hydrogen-bond donors (Lipinski definition) is 2. The molecule has 0 spiro atoms. The van der Waals surface area contributed by atoms with Crippen molar-refractivity contribution in [2.75, 3.05) is 11.9 Å². The van der Waals surface area contributed by atoms with E-state index in [0.29, 0.717) is 29.2 Å². The van der Waals surface area contributed by atoms with Gasteiger partial charge in [-0.15, -0.1) is 0 Å². The highest BCUT2D eigenvalue weighted by Gasteiger charge is 2.09. The minimum Gasteiger partial charge on any atom is -0.494 e. The summed E-state index contributed by atoms with van der Waals surface area (Å²) in [5.74, 6) is 0.378. The Kier molecular flexibility index (Phi) is 4.68. The van der Waals surface area contributed by atoms with Crippen molar-refractivity contribution in [3.05, 3.63) is 53.9 Å². The third-order valence-electron chi connectivity index (χ3n) is 2.74. The van der Waals surface area contributed by atoms with E-state index in [4.69, 9.17) is 4.74 Å². The lowest BCUT2D eigenvalue weighted by Crippen LogP contribution is -2.13. The number of nitrogens with zero attached hydrogens (tertiary/aromatic N) is 1. The molecule has 1 heterocycles. The number of hydrogen-bond acceptors (Lipinski definition) is 4. The highest BCUT2D eigenvalue weighted by atomic mass is 16.5. The van der Waals surface area contributed by atoms with Crippen LogP contribution in [0, 0.1) is 0 Å². The molecule has 2 rings (SSSR count). The average Bonchev–Trinajstić information content (AvgIpc) is 2.48. The highest BCUT2D eigenvalue weighted by Crippen LogP contribution is 2.17. The van der Waals surface area contributed by atoms with Gasteiger partial charge in [0.05, 0.1) is 25.1 Å². The van der Waals surface area contributed by atoms with Crippen LogP contribution in [0.25, 0.3) is 0 Å².